The van der Waals surface area contributed by atoms with Crippen LogP contribution in [0.2, 0.25) is 5.02 Å². The van der Waals surface area contributed by atoms with Crippen molar-refractivity contribution < 1.29 is 0 Å². The molecule has 88 valence electrons. The van der Waals surface area contributed by atoms with E-state index in [1.165, 1.54) is 18.0 Å². The average molecular weight is 332 g/mol. The lowest BCUT2D eigenvalue weighted by Gasteiger charge is -2.05. The second kappa shape index (κ2) is 5.68. The summed E-state index contributed by atoms with van der Waals surface area (Å²) in [7, 11) is 0. The van der Waals surface area contributed by atoms with E-state index in [1.807, 2.05) is 24.3 Å². The minimum atomic E-state index is 0.342. The van der Waals surface area contributed by atoms with Crippen LogP contribution in [0.4, 0.5) is 5.95 Å². The molecule has 0 saturated heterocycles. The third kappa shape index (κ3) is 3.32. The van der Waals surface area contributed by atoms with E-state index >= 15 is 0 Å². The first-order valence-corrected chi connectivity index (χ1v) is 6.60. The molecule has 2 rings (SSSR count). The van der Waals surface area contributed by atoms with Crippen molar-refractivity contribution in [3.63, 3.8) is 0 Å². The van der Waals surface area contributed by atoms with Gasteiger partial charge in [-0.1, -0.05) is 39.3 Å². The fraction of sp³-hybridized carbons (Fsp3) is 0. The van der Waals surface area contributed by atoms with E-state index in [2.05, 4.69) is 31.3 Å². The molecule has 0 amide bonds. The van der Waals surface area contributed by atoms with Crippen LogP contribution in [0.3, 0.4) is 0 Å². The molecule has 0 bridgehead atoms. The molecule has 0 aliphatic rings. The van der Waals surface area contributed by atoms with Gasteiger partial charge in [0.1, 0.15) is 5.03 Å². The summed E-state index contributed by atoms with van der Waals surface area (Å²) in [4.78, 5) is 9.13. The summed E-state index contributed by atoms with van der Waals surface area (Å²) >= 11 is 10.8. The number of rotatable bonds is 3. The number of nitrogens with two attached hydrogens (primary N) is 1. The molecule has 2 aromatic rings. The Bertz CT molecular complexity index is 520. The number of hydrogen-bond donors (Lipinski definition) is 2. The largest absolute Gasteiger partial charge is 0.292 e. The summed E-state index contributed by atoms with van der Waals surface area (Å²) < 4.78 is 1.03. The van der Waals surface area contributed by atoms with E-state index in [9.17, 15) is 0 Å². The van der Waals surface area contributed by atoms with Gasteiger partial charge in [0, 0.05) is 9.37 Å². The average Bonchev–Trinajstić information content (AvgIpc) is 2.35. The smallest absolute Gasteiger partial charge is 0.238 e. The SMILES string of the molecule is NNc1ncc(Cl)c(Sc2ccc(Br)cc2)n1. The Hall–Kier alpha value is -0.820. The molecule has 1 heterocycles. The number of nitrogens with one attached hydrogen (secondary N) is 1. The molecule has 7 heteroatoms. The number of hydrogen-bond acceptors (Lipinski definition) is 5. The Balaban J connectivity index is 2.25. The monoisotopic (exact) mass is 330 g/mol. The van der Waals surface area contributed by atoms with Gasteiger partial charge in [-0.3, -0.25) is 5.43 Å². The minimum Gasteiger partial charge on any atom is -0.292 e. The standard InChI is InChI=1S/C10H8BrClN4S/c11-6-1-3-7(4-2-6)17-9-8(12)5-14-10(15-9)16-13/h1-5H,13H2,(H,14,15,16). The van der Waals surface area contributed by atoms with Crippen molar-refractivity contribution in [2.75, 3.05) is 5.43 Å². The molecule has 0 saturated carbocycles. The molecule has 1 aromatic heterocycles. The quantitative estimate of drug-likeness (QED) is 0.513. The zero-order valence-corrected chi connectivity index (χ0v) is 11.7. The van der Waals surface area contributed by atoms with Crippen LogP contribution in [0, 0.1) is 0 Å². The summed E-state index contributed by atoms with van der Waals surface area (Å²) in [5, 5.41) is 1.16. The van der Waals surface area contributed by atoms with E-state index < -0.39 is 0 Å². The Morgan fingerprint density at radius 3 is 2.65 bits per heavy atom. The highest BCUT2D eigenvalue weighted by Gasteiger charge is 2.06. The number of aromatic nitrogens is 2. The van der Waals surface area contributed by atoms with Gasteiger partial charge in [0.15, 0.2) is 0 Å². The molecule has 17 heavy (non-hydrogen) atoms. The van der Waals surface area contributed by atoms with Gasteiger partial charge in [-0.25, -0.2) is 15.8 Å². The number of hydrazine groups is 1. The molecule has 0 unspecified atom stereocenters. The first kappa shape index (κ1) is 12.6. The van der Waals surface area contributed by atoms with Gasteiger partial charge in [-0.15, -0.1) is 0 Å². The summed E-state index contributed by atoms with van der Waals surface area (Å²) in [5.74, 6) is 5.59. The lowest BCUT2D eigenvalue weighted by molar-refractivity contribution is 1.03. The van der Waals surface area contributed by atoms with Crippen molar-refractivity contribution in [3.8, 4) is 0 Å². The Kier molecular flexibility index (Phi) is 4.22. The second-order valence-electron chi connectivity index (χ2n) is 3.05. The van der Waals surface area contributed by atoms with Crippen molar-refractivity contribution in [2.24, 2.45) is 5.84 Å². The number of benzene rings is 1. The molecular weight excluding hydrogens is 324 g/mol. The molecule has 0 aliphatic carbocycles. The summed E-state index contributed by atoms with van der Waals surface area (Å²) in [6, 6.07) is 7.87. The Morgan fingerprint density at radius 2 is 2.00 bits per heavy atom. The van der Waals surface area contributed by atoms with Gasteiger partial charge in [0.2, 0.25) is 5.95 Å². The highest BCUT2D eigenvalue weighted by molar-refractivity contribution is 9.10. The summed E-state index contributed by atoms with van der Waals surface area (Å²) in [6.45, 7) is 0. The highest BCUT2D eigenvalue weighted by Crippen LogP contribution is 2.32. The molecule has 0 atom stereocenters. The lowest BCUT2D eigenvalue weighted by Crippen LogP contribution is -2.10. The normalized spacial score (nSPS) is 10.3. The lowest BCUT2D eigenvalue weighted by atomic mass is 10.4. The van der Waals surface area contributed by atoms with Gasteiger partial charge >= 0.3 is 0 Å². The van der Waals surface area contributed by atoms with Crippen molar-refractivity contribution in [1.82, 2.24) is 9.97 Å². The van der Waals surface area contributed by atoms with E-state index in [0.717, 1.165) is 9.37 Å². The first-order valence-electron chi connectivity index (χ1n) is 4.61. The Labute approximate surface area is 116 Å². The topological polar surface area (TPSA) is 63.8 Å². The summed E-state index contributed by atoms with van der Waals surface area (Å²) in [5.41, 5.74) is 2.39. The van der Waals surface area contributed by atoms with Crippen LogP contribution < -0.4 is 11.3 Å². The van der Waals surface area contributed by atoms with Crippen LogP contribution in [-0.4, -0.2) is 9.97 Å². The van der Waals surface area contributed by atoms with Crippen LogP contribution >= 0.6 is 39.3 Å². The zero-order valence-electron chi connectivity index (χ0n) is 8.52. The Morgan fingerprint density at radius 1 is 1.29 bits per heavy atom. The third-order valence-corrected chi connectivity index (χ3v) is 3.80. The maximum atomic E-state index is 6.01. The van der Waals surface area contributed by atoms with Crippen LogP contribution in [0.15, 0.2) is 44.9 Å². The van der Waals surface area contributed by atoms with Crippen LogP contribution in [0.25, 0.3) is 0 Å². The van der Waals surface area contributed by atoms with E-state index in [-0.39, 0.29) is 0 Å². The number of halogens is 2. The van der Waals surface area contributed by atoms with Gasteiger partial charge in [-0.05, 0) is 24.3 Å². The van der Waals surface area contributed by atoms with Crippen molar-refractivity contribution in [2.45, 2.75) is 9.92 Å². The maximum absolute atomic E-state index is 6.01. The predicted molar refractivity (Wildman–Crippen MR) is 73.1 cm³/mol. The minimum absolute atomic E-state index is 0.342. The zero-order chi connectivity index (χ0) is 12.3. The predicted octanol–water partition coefficient (Wildman–Crippen LogP) is 3.33. The molecule has 0 spiro atoms. The van der Waals surface area contributed by atoms with Crippen LogP contribution in [-0.2, 0) is 0 Å². The van der Waals surface area contributed by atoms with E-state index in [4.69, 9.17) is 17.4 Å². The number of nitrogen functional groups attached to an aromatic ring is 1. The fourth-order valence-corrected chi connectivity index (χ4v) is 2.36. The molecule has 3 N–H and O–H groups in total. The molecular formula is C10H8BrClN4S. The van der Waals surface area contributed by atoms with Crippen molar-refractivity contribution in [3.05, 3.63) is 40.0 Å². The third-order valence-electron chi connectivity index (χ3n) is 1.87. The van der Waals surface area contributed by atoms with Gasteiger partial charge in [0.25, 0.3) is 0 Å². The summed E-state index contributed by atoms with van der Waals surface area (Å²) in [6.07, 6.45) is 1.52. The first-order chi connectivity index (χ1) is 8.19. The van der Waals surface area contributed by atoms with Crippen LogP contribution in [0.1, 0.15) is 0 Å². The second-order valence-corrected chi connectivity index (χ2v) is 5.43. The van der Waals surface area contributed by atoms with Crippen molar-refractivity contribution in [1.29, 1.82) is 0 Å². The maximum Gasteiger partial charge on any atom is 0.238 e. The number of nitrogens with zero attached hydrogens (tertiary/aromatic N) is 2. The molecule has 4 nitrogen and oxygen atoms in total. The molecule has 0 radical (unpaired) electrons. The van der Waals surface area contributed by atoms with E-state index in [0.29, 0.717) is 16.0 Å². The van der Waals surface area contributed by atoms with Gasteiger partial charge in [0.05, 0.1) is 11.2 Å². The highest BCUT2D eigenvalue weighted by atomic mass is 79.9. The van der Waals surface area contributed by atoms with Crippen LogP contribution in [0.5, 0.6) is 0 Å². The number of anilines is 1. The molecule has 0 fully saturated rings. The fourth-order valence-electron chi connectivity index (χ4n) is 1.11. The molecule has 0 aliphatic heterocycles. The van der Waals surface area contributed by atoms with Gasteiger partial charge < -0.3 is 0 Å². The van der Waals surface area contributed by atoms with E-state index in [1.54, 1.807) is 0 Å². The van der Waals surface area contributed by atoms with Gasteiger partial charge in [-0.2, -0.15) is 0 Å². The molecule has 1 aromatic carbocycles. The van der Waals surface area contributed by atoms with Crippen molar-refractivity contribution >= 4 is 45.2 Å².